The molecule has 0 N–H and O–H groups in total. The van der Waals surface area contributed by atoms with Gasteiger partial charge in [-0.1, -0.05) is 20.8 Å². The van der Waals surface area contributed by atoms with Crippen LogP contribution in [0.1, 0.15) is 69.2 Å². The van der Waals surface area contributed by atoms with Gasteiger partial charge in [0.15, 0.2) is 26.6 Å². The van der Waals surface area contributed by atoms with Crippen molar-refractivity contribution in [3.63, 3.8) is 0 Å². The summed E-state index contributed by atoms with van der Waals surface area (Å²) >= 11 is 0. The number of carbonyl (C=O) groups excluding carboxylic acids is 4. The van der Waals surface area contributed by atoms with E-state index in [1.807, 2.05) is 33.9 Å². The molecule has 32 heavy (non-hydrogen) atoms. The molecule has 0 aliphatic rings. The Morgan fingerprint density at radius 2 is 0.906 bits per heavy atom. The molecule has 0 saturated carbocycles. The number of hydrogen-bond donors (Lipinski definition) is 0. The number of hydrogen-bond acceptors (Lipinski definition) is 9. The first-order chi connectivity index (χ1) is 14.2. The zero-order chi connectivity index (χ0) is 25.7. The quantitative estimate of drug-likeness (QED) is 0.280. The van der Waals surface area contributed by atoms with Crippen molar-refractivity contribution in [3.05, 3.63) is 0 Å². The van der Waals surface area contributed by atoms with E-state index in [4.69, 9.17) is 23.4 Å². The zero-order valence-electron chi connectivity index (χ0n) is 21.5. The van der Waals surface area contributed by atoms with Crippen LogP contribution in [0.4, 0.5) is 0 Å². The van der Waals surface area contributed by atoms with Crippen molar-refractivity contribution < 1.29 is 42.6 Å². The van der Waals surface area contributed by atoms with Crippen LogP contribution in [0.2, 0.25) is 18.1 Å². The summed E-state index contributed by atoms with van der Waals surface area (Å²) in [6.45, 7) is 20.7. The number of carbonyl (C=O) groups is 4. The highest BCUT2D eigenvalue weighted by Gasteiger charge is 2.40. The fourth-order valence-electron chi connectivity index (χ4n) is 2.01. The summed E-state index contributed by atoms with van der Waals surface area (Å²) in [5, 5.41) is -0.0989. The molecule has 9 nitrogen and oxygen atoms in total. The molecular formula is C22H40O9Si. The Labute approximate surface area is 192 Å². The maximum Gasteiger partial charge on any atom is 0.347 e. The Hall–Kier alpha value is -1.94. The molecule has 10 heteroatoms. The molecule has 0 spiro atoms. The van der Waals surface area contributed by atoms with Gasteiger partial charge >= 0.3 is 23.9 Å². The maximum absolute atomic E-state index is 12.3. The zero-order valence-corrected chi connectivity index (χ0v) is 22.5. The second kappa shape index (κ2) is 11.3. The molecule has 0 bridgehead atoms. The molecule has 0 aromatic heterocycles. The molecule has 0 saturated heterocycles. The lowest BCUT2D eigenvalue weighted by molar-refractivity contribution is -0.185. The van der Waals surface area contributed by atoms with Gasteiger partial charge in [0.25, 0.3) is 0 Å². The Morgan fingerprint density at radius 3 is 1.22 bits per heavy atom. The first-order valence-corrected chi connectivity index (χ1v) is 13.6. The van der Waals surface area contributed by atoms with Crippen molar-refractivity contribution in [2.24, 2.45) is 0 Å². The Balaban J connectivity index is 4.76. The van der Waals surface area contributed by atoms with Gasteiger partial charge in [0.05, 0.1) is 0 Å². The largest absolute Gasteiger partial charge is 0.457 e. The second-order valence-corrected chi connectivity index (χ2v) is 15.0. The molecule has 0 unspecified atom stereocenters. The van der Waals surface area contributed by atoms with Gasteiger partial charge in [-0.05, 0) is 66.6 Å². The van der Waals surface area contributed by atoms with E-state index in [0.29, 0.717) is 0 Å². The highest BCUT2D eigenvalue weighted by molar-refractivity contribution is 6.74. The van der Waals surface area contributed by atoms with Gasteiger partial charge in [0, 0.05) is 0 Å². The Morgan fingerprint density at radius 1 is 0.594 bits per heavy atom. The van der Waals surface area contributed by atoms with Crippen LogP contribution in [-0.4, -0.2) is 62.2 Å². The van der Waals surface area contributed by atoms with Crippen molar-refractivity contribution >= 4 is 32.2 Å². The van der Waals surface area contributed by atoms with Gasteiger partial charge in [-0.15, -0.1) is 0 Å². The van der Waals surface area contributed by atoms with Crippen molar-refractivity contribution in [2.45, 2.75) is 117 Å². The number of esters is 4. The smallest absolute Gasteiger partial charge is 0.347 e. The SMILES string of the molecule is C[C@H](OC(=O)[C@H](C)OC(=O)[C@H](C)O[Si](C)(C)C(C)(C)C)C(=O)O[C@@H](C)C(=O)OC(C)(C)C. The van der Waals surface area contributed by atoms with E-state index in [1.165, 1.54) is 20.8 Å². The fraction of sp³-hybridized carbons (Fsp3) is 0.818. The molecule has 0 amide bonds. The minimum atomic E-state index is -2.21. The van der Waals surface area contributed by atoms with Gasteiger partial charge in [0.1, 0.15) is 11.7 Å². The summed E-state index contributed by atoms with van der Waals surface area (Å²) in [5.41, 5.74) is -0.736. The van der Waals surface area contributed by atoms with Crippen molar-refractivity contribution in [1.29, 1.82) is 0 Å². The van der Waals surface area contributed by atoms with Gasteiger partial charge < -0.3 is 23.4 Å². The summed E-state index contributed by atoms with van der Waals surface area (Å²) in [6.07, 6.45) is -4.60. The molecule has 0 fully saturated rings. The Bertz CT molecular complexity index is 688. The summed E-state index contributed by atoms with van der Waals surface area (Å²) in [7, 11) is -2.21. The van der Waals surface area contributed by atoms with E-state index in [2.05, 4.69) is 0 Å². The highest BCUT2D eigenvalue weighted by atomic mass is 28.4. The van der Waals surface area contributed by atoms with Crippen LogP contribution in [0.3, 0.4) is 0 Å². The topological polar surface area (TPSA) is 114 Å². The number of rotatable bonds is 9. The van der Waals surface area contributed by atoms with Crippen LogP contribution in [0.15, 0.2) is 0 Å². The third-order valence-corrected chi connectivity index (χ3v) is 9.45. The molecule has 0 aliphatic carbocycles. The van der Waals surface area contributed by atoms with E-state index in [0.717, 1.165) is 0 Å². The minimum absolute atomic E-state index is 0.0989. The van der Waals surface area contributed by atoms with Crippen LogP contribution < -0.4 is 0 Å². The van der Waals surface area contributed by atoms with E-state index in [-0.39, 0.29) is 5.04 Å². The lowest BCUT2D eigenvalue weighted by atomic mass is 10.2. The summed E-state index contributed by atoms with van der Waals surface area (Å²) in [6, 6.07) is 0. The predicted octanol–water partition coefficient (Wildman–Crippen LogP) is 3.53. The maximum atomic E-state index is 12.3. The standard InChI is InChI=1S/C22H40O9Si/c1-13(18(24)29-15(3)20(26)30-21(5,6)7)27-17(23)14(2)28-19(25)16(4)31-32(11,12)22(8,9)10/h13-16H,1-12H3/t13-,14-,15-,16-/m0/s1. The average Bonchev–Trinajstić information content (AvgIpc) is 2.58. The van der Waals surface area contributed by atoms with Gasteiger partial charge in [-0.25, -0.2) is 19.2 Å². The van der Waals surface area contributed by atoms with Crippen LogP contribution in [0.25, 0.3) is 0 Å². The Kier molecular flexibility index (Phi) is 10.6. The van der Waals surface area contributed by atoms with Crippen LogP contribution >= 0.6 is 0 Å². The lowest BCUT2D eigenvalue weighted by Crippen LogP contribution is -2.46. The van der Waals surface area contributed by atoms with Crippen LogP contribution in [-0.2, 0) is 42.6 Å². The van der Waals surface area contributed by atoms with Crippen molar-refractivity contribution in [1.82, 2.24) is 0 Å². The monoisotopic (exact) mass is 476 g/mol. The van der Waals surface area contributed by atoms with E-state index < -0.39 is 62.2 Å². The lowest BCUT2D eigenvalue weighted by Gasteiger charge is -2.37. The third kappa shape index (κ3) is 10.1. The van der Waals surface area contributed by atoms with Crippen molar-refractivity contribution in [3.8, 4) is 0 Å². The van der Waals surface area contributed by atoms with Gasteiger partial charge in [-0.3, -0.25) is 0 Å². The molecular weight excluding hydrogens is 436 g/mol. The first-order valence-electron chi connectivity index (χ1n) is 10.7. The first kappa shape index (κ1) is 30.1. The third-order valence-electron chi connectivity index (χ3n) is 4.89. The molecule has 0 aliphatic heterocycles. The molecule has 186 valence electrons. The number of ether oxygens (including phenoxy) is 4. The summed E-state index contributed by atoms with van der Waals surface area (Å²) in [5.74, 6) is -3.27. The molecule has 0 rings (SSSR count). The van der Waals surface area contributed by atoms with Gasteiger partial charge in [-0.2, -0.15) is 0 Å². The van der Waals surface area contributed by atoms with E-state index >= 15 is 0 Å². The molecule has 0 heterocycles. The van der Waals surface area contributed by atoms with Crippen LogP contribution in [0.5, 0.6) is 0 Å². The van der Waals surface area contributed by atoms with Crippen LogP contribution in [0, 0.1) is 0 Å². The van der Waals surface area contributed by atoms with E-state index in [9.17, 15) is 19.2 Å². The van der Waals surface area contributed by atoms with Gasteiger partial charge in [0.2, 0.25) is 0 Å². The minimum Gasteiger partial charge on any atom is -0.457 e. The van der Waals surface area contributed by atoms with E-state index in [1.54, 1.807) is 27.7 Å². The molecule has 4 atom stereocenters. The van der Waals surface area contributed by atoms with Crippen molar-refractivity contribution in [2.75, 3.05) is 0 Å². The second-order valence-electron chi connectivity index (χ2n) is 10.3. The molecule has 0 aromatic carbocycles. The molecule has 0 radical (unpaired) electrons. The fourth-order valence-corrected chi connectivity index (χ4v) is 3.34. The normalized spacial score (nSPS) is 16.2. The highest BCUT2D eigenvalue weighted by Crippen LogP contribution is 2.37. The average molecular weight is 477 g/mol. The predicted molar refractivity (Wildman–Crippen MR) is 120 cm³/mol. The summed E-state index contributed by atoms with van der Waals surface area (Å²) < 4.78 is 26.2. The molecule has 0 aromatic rings. The summed E-state index contributed by atoms with van der Waals surface area (Å²) in [4.78, 5) is 48.6.